The Kier molecular flexibility index (Phi) is 8.60. The number of unbranched alkanes of at least 4 members (excludes halogenated alkanes) is 2. The Labute approximate surface area is 195 Å². The Balaban J connectivity index is 1.90. The SMILES string of the molecule is CCCCCOc1ccc(/C(O)=C2/C(=O)C(=O)N(CCOC(C)C)C2c2cccnc2)cc1. The molecule has 1 aliphatic heterocycles. The standard InChI is InChI=1S/C26H32N2O5/c1-4-5-6-15-33-21-11-9-19(10-12-21)24(29)22-23(20-8-7-13-27-17-20)28(26(31)25(22)30)14-16-32-18(2)3/h7-13,17-18,23,29H,4-6,14-16H2,1-3H3/b24-22-. The zero-order valence-corrected chi connectivity index (χ0v) is 19.5. The fourth-order valence-corrected chi connectivity index (χ4v) is 3.79. The van der Waals surface area contributed by atoms with Crippen molar-refractivity contribution in [3.63, 3.8) is 0 Å². The van der Waals surface area contributed by atoms with E-state index in [-0.39, 0.29) is 30.6 Å². The summed E-state index contributed by atoms with van der Waals surface area (Å²) in [5.41, 5.74) is 1.15. The summed E-state index contributed by atoms with van der Waals surface area (Å²) in [5, 5.41) is 11.1. The van der Waals surface area contributed by atoms with E-state index in [4.69, 9.17) is 9.47 Å². The van der Waals surface area contributed by atoms with Crippen molar-refractivity contribution in [3.8, 4) is 5.75 Å². The second kappa shape index (κ2) is 11.6. The first-order chi connectivity index (χ1) is 15.9. The number of ketones is 1. The maximum Gasteiger partial charge on any atom is 0.295 e. The molecule has 1 fully saturated rings. The molecule has 33 heavy (non-hydrogen) atoms. The van der Waals surface area contributed by atoms with Gasteiger partial charge in [0.15, 0.2) is 0 Å². The number of benzene rings is 1. The fraction of sp³-hybridized carbons (Fsp3) is 0.423. The quantitative estimate of drug-likeness (QED) is 0.234. The van der Waals surface area contributed by atoms with Crippen LogP contribution in [0.2, 0.25) is 0 Å². The van der Waals surface area contributed by atoms with Gasteiger partial charge in [-0.25, -0.2) is 0 Å². The van der Waals surface area contributed by atoms with E-state index in [1.165, 1.54) is 4.90 Å². The van der Waals surface area contributed by atoms with Crippen molar-refractivity contribution in [1.82, 2.24) is 9.88 Å². The minimum absolute atomic E-state index is 0.00127. The summed E-state index contributed by atoms with van der Waals surface area (Å²) in [6.45, 7) is 7.09. The first-order valence-corrected chi connectivity index (χ1v) is 11.5. The van der Waals surface area contributed by atoms with Crippen molar-refractivity contribution < 1.29 is 24.2 Å². The Morgan fingerprint density at radius 2 is 1.88 bits per heavy atom. The van der Waals surface area contributed by atoms with Gasteiger partial charge in [-0.1, -0.05) is 25.8 Å². The lowest BCUT2D eigenvalue weighted by molar-refractivity contribution is -0.140. The number of hydrogen-bond acceptors (Lipinski definition) is 6. The number of amides is 1. The minimum Gasteiger partial charge on any atom is -0.507 e. The maximum absolute atomic E-state index is 13.0. The molecule has 1 unspecified atom stereocenters. The number of nitrogens with zero attached hydrogens (tertiary/aromatic N) is 2. The van der Waals surface area contributed by atoms with Crippen molar-refractivity contribution in [2.75, 3.05) is 19.8 Å². The van der Waals surface area contributed by atoms with Gasteiger partial charge in [0.05, 0.1) is 30.9 Å². The number of carbonyl (C=O) groups excluding carboxylic acids is 2. The number of likely N-dealkylation sites (tertiary alicyclic amines) is 1. The van der Waals surface area contributed by atoms with Gasteiger partial charge in [0.1, 0.15) is 11.5 Å². The maximum atomic E-state index is 13.0. The van der Waals surface area contributed by atoms with Crippen LogP contribution in [0, 0.1) is 0 Å². The van der Waals surface area contributed by atoms with E-state index in [9.17, 15) is 14.7 Å². The second-order valence-corrected chi connectivity index (χ2v) is 8.28. The third-order valence-corrected chi connectivity index (χ3v) is 5.47. The number of aliphatic hydroxyl groups excluding tert-OH is 1. The molecule has 1 aliphatic rings. The average molecular weight is 453 g/mol. The normalized spacial score (nSPS) is 17.7. The lowest BCUT2D eigenvalue weighted by Gasteiger charge is -2.25. The van der Waals surface area contributed by atoms with Crippen LogP contribution in [0.5, 0.6) is 5.75 Å². The summed E-state index contributed by atoms with van der Waals surface area (Å²) in [7, 11) is 0. The van der Waals surface area contributed by atoms with Gasteiger partial charge < -0.3 is 19.5 Å². The molecule has 0 aliphatic carbocycles. The Hall–Kier alpha value is -3.19. The summed E-state index contributed by atoms with van der Waals surface area (Å²) >= 11 is 0. The second-order valence-electron chi connectivity index (χ2n) is 8.28. The Morgan fingerprint density at radius 1 is 1.12 bits per heavy atom. The molecular formula is C26H32N2O5. The van der Waals surface area contributed by atoms with Crippen LogP contribution in [0.15, 0.2) is 54.4 Å². The van der Waals surface area contributed by atoms with Crippen LogP contribution in [-0.4, -0.2) is 52.5 Å². The molecule has 2 heterocycles. The summed E-state index contributed by atoms with van der Waals surface area (Å²) in [6, 6.07) is 9.70. The molecule has 1 aromatic carbocycles. The van der Waals surface area contributed by atoms with Crippen molar-refractivity contribution in [2.24, 2.45) is 0 Å². The van der Waals surface area contributed by atoms with E-state index in [1.54, 1.807) is 48.8 Å². The zero-order chi connectivity index (χ0) is 23.8. The molecule has 0 bridgehead atoms. The van der Waals surface area contributed by atoms with Crippen LogP contribution in [0.4, 0.5) is 0 Å². The molecule has 176 valence electrons. The molecule has 0 spiro atoms. The third kappa shape index (κ3) is 5.99. The van der Waals surface area contributed by atoms with Crippen molar-refractivity contribution in [2.45, 2.75) is 52.2 Å². The molecule has 1 saturated heterocycles. The number of pyridine rings is 1. The van der Waals surface area contributed by atoms with E-state index >= 15 is 0 Å². The van der Waals surface area contributed by atoms with E-state index < -0.39 is 17.7 Å². The first kappa shape index (κ1) is 24.5. The summed E-state index contributed by atoms with van der Waals surface area (Å²) in [4.78, 5) is 31.4. The lowest BCUT2D eigenvalue weighted by atomic mass is 9.96. The van der Waals surface area contributed by atoms with E-state index in [0.717, 1.165) is 19.3 Å². The van der Waals surface area contributed by atoms with Gasteiger partial charge in [-0.05, 0) is 56.2 Å². The lowest BCUT2D eigenvalue weighted by Crippen LogP contribution is -2.33. The molecule has 1 aromatic heterocycles. The fourth-order valence-electron chi connectivity index (χ4n) is 3.79. The molecule has 1 amide bonds. The van der Waals surface area contributed by atoms with Crippen molar-refractivity contribution >= 4 is 17.4 Å². The highest BCUT2D eigenvalue weighted by atomic mass is 16.5. The summed E-state index contributed by atoms with van der Waals surface area (Å²) in [5.74, 6) is -0.899. The molecule has 2 aromatic rings. The molecule has 1 atom stereocenters. The van der Waals surface area contributed by atoms with Crippen LogP contribution < -0.4 is 4.74 Å². The minimum atomic E-state index is -0.737. The molecule has 7 heteroatoms. The molecular weight excluding hydrogens is 420 g/mol. The largest absolute Gasteiger partial charge is 0.507 e. The van der Waals surface area contributed by atoms with Gasteiger partial charge in [-0.15, -0.1) is 0 Å². The number of aliphatic hydroxyl groups is 1. The highest BCUT2D eigenvalue weighted by molar-refractivity contribution is 6.46. The number of hydrogen-bond donors (Lipinski definition) is 1. The predicted molar refractivity (Wildman–Crippen MR) is 126 cm³/mol. The van der Waals surface area contributed by atoms with Gasteiger partial charge in [-0.3, -0.25) is 14.6 Å². The Bertz CT molecular complexity index is 970. The Morgan fingerprint density at radius 3 is 2.52 bits per heavy atom. The van der Waals surface area contributed by atoms with E-state index in [2.05, 4.69) is 11.9 Å². The number of aromatic nitrogens is 1. The van der Waals surface area contributed by atoms with Gasteiger partial charge in [0.25, 0.3) is 11.7 Å². The number of ether oxygens (including phenoxy) is 2. The van der Waals surface area contributed by atoms with E-state index in [0.29, 0.717) is 23.5 Å². The van der Waals surface area contributed by atoms with Crippen molar-refractivity contribution in [3.05, 3.63) is 65.5 Å². The molecule has 0 saturated carbocycles. The molecule has 3 rings (SSSR count). The number of rotatable bonds is 11. The number of Topliss-reactive ketones (excluding diaryl/α,β-unsaturated/α-hetero) is 1. The summed E-state index contributed by atoms with van der Waals surface area (Å²) in [6.07, 6.45) is 6.43. The first-order valence-electron chi connectivity index (χ1n) is 11.5. The van der Waals surface area contributed by atoms with E-state index in [1.807, 2.05) is 13.8 Å². The molecule has 0 radical (unpaired) electrons. The van der Waals surface area contributed by atoms with Gasteiger partial charge in [-0.2, -0.15) is 0 Å². The predicted octanol–water partition coefficient (Wildman–Crippen LogP) is 4.50. The molecule has 1 N–H and O–H groups in total. The highest BCUT2D eigenvalue weighted by Crippen LogP contribution is 2.39. The monoisotopic (exact) mass is 452 g/mol. The van der Waals surface area contributed by atoms with Crippen LogP contribution >= 0.6 is 0 Å². The zero-order valence-electron chi connectivity index (χ0n) is 19.5. The smallest absolute Gasteiger partial charge is 0.295 e. The van der Waals surface area contributed by atoms with Gasteiger partial charge >= 0.3 is 0 Å². The number of carbonyl (C=O) groups is 2. The van der Waals surface area contributed by atoms with Gasteiger partial charge in [0, 0.05) is 24.5 Å². The van der Waals surface area contributed by atoms with Crippen LogP contribution in [0.3, 0.4) is 0 Å². The third-order valence-electron chi connectivity index (χ3n) is 5.47. The topological polar surface area (TPSA) is 89.0 Å². The van der Waals surface area contributed by atoms with Crippen LogP contribution in [-0.2, 0) is 14.3 Å². The van der Waals surface area contributed by atoms with Crippen LogP contribution in [0.1, 0.15) is 57.2 Å². The summed E-state index contributed by atoms with van der Waals surface area (Å²) < 4.78 is 11.3. The van der Waals surface area contributed by atoms with Crippen LogP contribution in [0.25, 0.3) is 5.76 Å². The average Bonchev–Trinajstić information content (AvgIpc) is 3.07. The highest BCUT2D eigenvalue weighted by Gasteiger charge is 2.46. The molecule has 7 nitrogen and oxygen atoms in total. The van der Waals surface area contributed by atoms with Gasteiger partial charge in [0.2, 0.25) is 0 Å². The van der Waals surface area contributed by atoms with Crippen molar-refractivity contribution in [1.29, 1.82) is 0 Å².